The van der Waals surface area contributed by atoms with Crippen molar-refractivity contribution in [2.75, 3.05) is 0 Å². The highest BCUT2D eigenvalue weighted by Crippen LogP contribution is 2.16. The number of nitrogens with zero attached hydrogens (tertiary/aromatic N) is 2. The third kappa shape index (κ3) is 2.69. The van der Waals surface area contributed by atoms with Crippen LogP contribution in [0.4, 0.5) is 0 Å². The number of hydrogen-bond donors (Lipinski definition) is 2. The Morgan fingerprint density at radius 3 is 3.00 bits per heavy atom. The van der Waals surface area contributed by atoms with Gasteiger partial charge < -0.3 is 10.1 Å². The molecule has 0 aliphatic rings. The maximum absolute atomic E-state index is 10.7. The summed E-state index contributed by atoms with van der Waals surface area (Å²) in [7, 11) is 0. The normalized spacial score (nSPS) is 12.3. The number of carbonyl (C=O) groups is 1. The molecule has 88 valence electrons. The van der Waals surface area contributed by atoms with Gasteiger partial charge in [0.25, 0.3) is 0 Å². The topological polar surface area (TPSA) is 78.9 Å². The Bertz CT molecular complexity index is 507. The van der Waals surface area contributed by atoms with Gasteiger partial charge in [-0.05, 0) is 12.1 Å². The molecular formula is C12H13N3O2. The van der Waals surface area contributed by atoms with E-state index in [1.165, 1.54) is 0 Å². The molecule has 1 atom stereocenters. The van der Waals surface area contributed by atoms with E-state index in [4.69, 9.17) is 5.11 Å². The van der Waals surface area contributed by atoms with Crippen LogP contribution in [0.25, 0.3) is 11.3 Å². The van der Waals surface area contributed by atoms with E-state index in [9.17, 15) is 4.79 Å². The Labute approximate surface area is 98.6 Å². The van der Waals surface area contributed by atoms with Crippen molar-refractivity contribution in [2.24, 2.45) is 5.92 Å². The van der Waals surface area contributed by atoms with E-state index in [0.717, 1.165) is 11.3 Å². The van der Waals surface area contributed by atoms with Gasteiger partial charge in [0.1, 0.15) is 5.82 Å². The minimum absolute atomic E-state index is 0.398. The van der Waals surface area contributed by atoms with E-state index in [2.05, 4.69) is 15.0 Å². The SMILES string of the molecule is CC(Cc1ncc(-c2cccnc2)[nH]1)C(=O)O. The van der Waals surface area contributed by atoms with Crippen LogP contribution in [-0.2, 0) is 11.2 Å². The molecule has 0 saturated heterocycles. The molecule has 0 amide bonds. The zero-order valence-electron chi connectivity index (χ0n) is 9.42. The molecule has 0 spiro atoms. The summed E-state index contributed by atoms with van der Waals surface area (Å²) in [6.45, 7) is 1.66. The van der Waals surface area contributed by atoms with Crippen LogP contribution >= 0.6 is 0 Å². The van der Waals surface area contributed by atoms with Crippen molar-refractivity contribution in [2.45, 2.75) is 13.3 Å². The third-order valence-corrected chi connectivity index (χ3v) is 2.52. The number of rotatable bonds is 4. The van der Waals surface area contributed by atoms with E-state index < -0.39 is 11.9 Å². The monoisotopic (exact) mass is 231 g/mol. The van der Waals surface area contributed by atoms with E-state index in [-0.39, 0.29) is 0 Å². The molecule has 0 aromatic carbocycles. The lowest BCUT2D eigenvalue weighted by atomic mass is 10.1. The van der Waals surface area contributed by atoms with Crippen LogP contribution in [0.5, 0.6) is 0 Å². The number of aromatic nitrogens is 3. The molecule has 0 bridgehead atoms. The third-order valence-electron chi connectivity index (χ3n) is 2.52. The fraction of sp³-hybridized carbons (Fsp3) is 0.250. The first-order valence-corrected chi connectivity index (χ1v) is 5.34. The van der Waals surface area contributed by atoms with Crippen LogP contribution in [-0.4, -0.2) is 26.0 Å². The molecule has 1 unspecified atom stereocenters. The number of carboxylic acids is 1. The van der Waals surface area contributed by atoms with Crippen LogP contribution in [0.1, 0.15) is 12.7 Å². The molecule has 2 N–H and O–H groups in total. The summed E-state index contributed by atoms with van der Waals surface area (Å²) >= 11 is 0. The molecule has 2 rings (SSSR count). The van der Waals surface area contributed by atoms with Gasteiger partial charge in [0.05, 0.1) is 17.8 Å². The first-order valence-electron chi connectivity index (χ1n) is 5.34. The lowest BCUT2D eigenvalue weighted by Gasteiger charge is -2.02. The van der Waals surface area contributed by atoms with Gasteiger partial charge in [-0.3, -0.25) is 9.78 Å². The Morgan fingerprint density at radius 1 is 1.53 bits per heavy atom. The summed E-state index contributed by atoms with van der Waals surface area (Å²) in [5.74, 6) is -0.578. The first-order chi connectivity index (χ1) is 8.16. The van der Waals surface area contributed by atoms with E-state index >= 15 is 0 Å². The number of H-pyrrole nitrogens is 1. The molecule has 0 aliphatic carbocycles. The summed E-state index contributed by atoms with van der Waals surface area (Å²) in [5.41, 5.74) is 1.79. The van der Waals surface area contributed by atoms with Crippen LogP contribution < -0.4 is 0 Å². The Hall–Kier alpha value is -2.17. The molecule has 0 aliphatic heterocycles. The van der Waals surface area contributed by atoms with Crippen molar-refractivity contribution in [1.82, 2.24) is 15.0 Å². The van der Waals surface area contributed by atoms with Gasteiger partial charge in [0.15, 0.2) is 0 Å². The minimum atomic E-state index is -0.815. The summed E-state index contributed by atoms with van der Waals surface area (Å²) in [6.07, 6.45) is 5.53. The molecule has 0 fully saturated rings. The van der Waals surface area contributed by atoms with Crippen molar-refractivity contribution in [1.29, 1.82) is 0 Å². The number of imidazole rings is 1. The van der Waals surface area contributed by atoms with E-state index in [1.807, 2.05) is 12.1 Å². The number of hydrogen-bond acceptors (Lipinski definition) is 3. The summed E-state index contributed by atoms with van der Waals surface area (Å²) in [6, 6.07) is 3.76. The standard InChI is InChI=1S/C12H13N3O2/c1-8(12(16)17)5-11-14-7-10(15-11)9-3-2-4-13-6-9/h2-4,6-8H,5H2,1H3,(H,14,15)(H,16,17). The lowest BCUT2D eigenvalue weighted by Crippen LogP contribution is -2.12. The van der Waals surface area contributed by atoms with Crippen molar-refractivity contribution in [3.63, 3.8) is 0 Å². The second-order valence-electron chi connectivity index (χ2n) is 3.93. The van der Waals surface area contributed by atoms with Crippen LogP contribution in [0.3, 0.4) is 0 Å². The second-order valence-corrected chi connectivity index (χ2v) is 3.93. The molecule has 5 nitrogen and oxygen atoms in total. The van der Waals surface area contributed by atoms with Crippen LogP contribution in [0, 0.1) is 5.92 Å². The highest BCUT2D eigenvalue weighted by Gasteiger charge is 2.13. The number of nitrogens with one attached hydrogen (secondary N) is 1. The number of carboxylic acid groups (broad SMARTS) is 1. The Morgan fingerprint density at radius 2 is 2.35 bits per heavy atom. The maximum atomic E-state index is 10.7. The smallest absolute Gasteiger partial charge is 0.306 e. The largest absolute Gasteiger partial charge is 0.481 e. The summed E-state index contributed by atoms with van der Waals surface area (Å²) in [4.78, 5) is 22.0. The fourth-order valence-electron chi connectivity index (χ4n) is 1.51. The number of pyridine rings is 1. The number of aromatic amines is 1. The van der Waals surface area contributed by atoms with Crippen molar-refractivity contribution in [3.05, 3.63) is 36.5 Å². The summed E-state index contributed by atoms with van der Waals surface area (Å²) in [5, 5.41) is 8.82. The second kappa shape index (κ2) is 4.78. The Balaban J connectivity index is 2.14. The van der Waals surface area contributed by atoms with Crippen LogP contribution in [0.15, 0.2) is 30.7 Å². The van der Waals surface area contributed by atoms with Crippen LogP contribution in [0.2, 0.25) is 0 Å². The molecule has 2 heterocycles. The number of aliphatic carboxylic acids is 1. The first kappa shape index (κ1) is 11.3. The molecule has 2 aromatic rings. The molecule has 2 aromatic heterocycles. The predicted molar refractivity (Wildman–Crippen MR) is 62.3 cm³/mol. The molecule has 17 heavy (non-hydrogen) atoms. The van der Waals surface area contributed by atoms with Gasteiger partial charge in [-0.15, -0.1) is 0 Å². The van der Waals surface area contributed by atoms with Gasteiger partial charge >= 0.3 is 5.97 Å². The molecular weight excluding hydrogens is 218 g/mol. The highest BCUT2D eigenvalue weighted by atomic mass is 16.4. The average molecular weight is 231 g/mol. The molecule has 0 saturated carbocycles. The highest BCUT2D eigenvalue weighted by molar-refractivity contribution is 5.69. The minimum Gasteiger partial charge on any atom is -0.481 e. The van der Waals surface area contributed by atoms with Gasteiger partial charge in [0, 0.05) is 24.4 Å². The van der Waals surface area contributed by atoms with Crippen molar-refractivity contribution in [3.8, 4) is 11.3 Å². The Kier molecular flexibility index (Phi) is 3.18. The lowest BCUT2D eigenvalue weighted by molar-refractivity contribution is -0.141. The van der Waals surface area contributed by atoms with Gasteiger partial charge in [-0.25, -0.2) is 4.98 Å². The van der Waals surface area contributed by atoms with E-state index in [0.29, 0.717) is 12.2 Å². The molecule has 5 heteroatoms. The fourth-order valence-corrected chi connectivity index (χ4v) is 1.51. The van der Waals surface area contributed by atoms with Gasteiger partial charge in [0.2, 0.25) is 0 Å². The zero-order valence-corrected chi connectivity index (χ0v) is 9.42. The zero-order chi connectivity index (χ0) is 12.3. The van der Waals surface area contributed by atoms with E-state index in [1.54, 1.807) is 25.5 Å². The van der Waals surface area contributed by atoms with Crippen molar-refractivity contribution >= 4 is 5.97 Å². The van der Waals surface area contributed by atoms with Crippen molar-refractivity contribution < 1.29 is 9.90 Å². The summed E-state index contributed by atoms with van der Waals surface area (Å²) < 4.78 is 0. The molecule has 0 radical (unpaired) electrons. The quantitative estimate of drug-likeness (QED) is 0.840. The van der Waals surface area contributed by atoms with Gasteiger partial charge in [-0.1, -0.05) is 6.92 Å². The maximum Gasteiger partial charge on any atom is 0.306 e. The van der Waals surface area contributed by atoms with Gasteiger partial charge in [-0.2, -0.15) is 0 Å². The predicted octanol–water partition coefficient (Wildman–Crippen LogP) is 1.73. The average Bonchev–Trinajstić information content (AvgIpc) is 2.78.